The Morgan fingerprint density at radius 3 is 1.04 bits per heavy atom. The zero-order valence-electron chi connectivity index (χ0n) is 12.8. The Labute approximate surface area is 128 Å². The second-order valence-corrected chi connectivity index (χ2v) is 5.44. The smallest absolute Gasteiger partial charge is 0.335 e. The van der Waals surface area contributed by atoms with Gasteiger partial charge in [-0.2, -0.15) is 0 Å². The molecule has 0 fully saturated rings. The number of rotatable bonds is 10. The zero-order chi connectivity index (χ0) is 18.6. The second kappa shape index (κ2) is 6.74. The Bertz CT molecular complexity index is 446. The molecule has 0 aliphatic heterocycles. The van der Waals surface area contributed by atoms with Gasteiger partial charge in [0.1, 0.15) is 19.7 Å². The van der Waals surface area contributed by atoms with Crippen LogP contribution in [0, 0.1) is 40.5 Å². The van der Waals surface area contributed by atoms with E-state index in [4.69, 9.17) is 9.47 Å². The second-order valence-electron chi connectivity index (χ2n) is 5.44. The number of hydrogen-bond donors (Lipinski definition) is 0. The van der Waals surface area contributed by atoms with Gasteiger partial charge in [0.15, 0.2) is 19.0 Å². The SMILES string of the molecule is CC(C)(OCC(C)([N+](=O)[O-])[N+](=O)[O-])OCC(C)([N+](=O)[O-])[N+](=O)[O-]. The third-order valence-electron chi connectivity index (χ3n) is 2.96. The van der Waals surface area contributed by atoms with Crippen molar-refractivity contribution in [1.29, 1.82) is 0 Å². The Kier molecular flexibility index (Phi) is 6.01. The van der Waals surface area contributed by atoms with Crippen molar-refractivity contribution >= 4 is 0 Å². The van der Waals surface area contributed by atoms with E-state index in [1.807, 2.05) is 0 Å². The summed E-state index contributed by atoms with van der Waals surface area (Å²) < 4.78 is 9.84. The average molecular weight is 340 g/mol. The Morgan fingerprint density at radius 1 is 0.652 bits per heavy atom. The molecule has 0 aliphatic carbocycles. The van der Waals surface area contributed by atoms with E-state index in [1.54, 1.807) is 0 Å². The van der Waals surface area contributed by atoms with E-state index in [0.717, 1.165) is 13.8 Å². The van der Waals surface area contributed by atoms with Gasteiger partial charge >= 0.3 is 11.3 Å². The van der Waals surface area contributed by atoms with E-state index in [0.29, 0.717) is 13.8 Å². The first kappa shape index (κ1) is 20.5. The van der Waals surface area contributed by atoms with Crippen LogP contribution in [0.5, 0.6) is 0 Å². The van der Waals surface area contributed by atoms with Crippen LogP contribution in [0.15, 0.2) is 0 Å². The van der Waals surface area contributed by atoms with E-state index < -0.39 is 50.0 Å². The van der Waals surface area contributed by atoms with Crippen LogP contribution in [0.25, 0.3) is 0 Å². The maximum atomic E-state index is 10.7. The van der Waals surface area contributed by atoms with Gasteiger partial charge in [-0.05, 0) is 13.8 Å². The Morgan fingerprint density at radius 2 is 0.870 bits per heavy atom. The molecule has 14 heteroatoms. The van der Waals surface area contributed by atoms with Gasteiger partial charge in [0.05, 0.1) is 13.8 Å². The molecule has 0 aromatic carbocycles. The lowest BCUT2D eigenvalue weighted by atomic mass is 10.2. The fourth-order valence-electron chi connectivity index (χ4n) is 1.01. The van der Waals surface area contributed by atoms with E-state index >= 15 is 0 Å². The normalized spacial score (nSPS) is 12.7. The number of nitro groups is 4. The highest BCUT2D eigenvalue weighted by Crippen LogP contribution is 2.21. The van der Waals surface area contributed by atoms with Gasteiger partial charge in [-0.15, -0.1) is 0 Å². The van der Waals surface area contributed by atoms with Gasteiger partial charge in [0, 0.05) is 0 Å². The van der Waals surface area contributed by atoms with Crippen molar-refractivity contribution in [3.8, 4) is 0 Å². The molecule has 0 aromatic heterocycles. The van der Waals surface area contributed by atoms with Crippen LogP contribution in [0.2, 0.25) is 0 Å². The molecule has 0 unspecified atom stereocenters. The molecule has 23 heavy (non-hydrogen) atoms. The van der Waals surface area contributed by atoms with Crippen molar-refractivity contribution in [2.75, 3.05) is 13.2 Å². The quantitative estimate of drug-likeness (QED) is 0.303. The summed E-state index contributed by atoms with van der Waals surface area (Å²) in [7, 11) is 0. The number of hydrogen-bond acceptors (Lipinski definition) is 10. The maximum Gasteiger partial charge on any atom is 0.478 e. The highest BCUT2D eigenvalue weighted by Gasteiger charge is 2.54. The van der Waals surface area contributed by atoms with Gasteiger partial charge in [-0.1, -0.05) is 0 Å². The lowest BCUT2D eigenvalue weighted by Gasteiger charge is -2.27. The summed E-state index contributed by atoms with van der Waals surface area (Å²) in [5.74, 6) is -1.76. The van der Waals surface area contributed by atoms with Gasteiger partial charge in [-0.25, -0.2) is 0 Å². The molecule has 0 radical (unpaired) electrons. The predicted molar refractivity (Wildman–Crippen MR) is 70.8 cm³/mol. The fraction of sp³-hybridized carbons (Fsp3) is 1.00. The first-order chi connectivity index (χ1) is 10.2. The Balaban J connectivity index is 4.97. The molecule has 0 spiro atoms. The van der Waals surface area contributed by atoms with Gasteiger partial charge in [0.2, 0.25) is 0 Å². The van der Waals surface area contributed by atoms with Gasteiger partial charge < -0.3 is 9.47 Å². The highest BCUT2D eigenvalue weighted by molar-refractivity contribution is 4.65. The molecule has 0 amide bonds. The molecular weight excluding hydrogens is 324 g/mol. The van der Waals surface area contributed by atoms with Crippen LogP contribution in [-0.4, -0.2) is 50.0 Å². The van der Waals surface area contributed by atoms with Crippen LogP contribution in [0.4, 0.5) is 0 Å². The fourth-order valence-corrected chi connectivity index (χ4v) is 1.01. The molecule has 14 nitrogen and oxygen atoms in total. The summed E-state index contributed by atoms with van der Waals surface area (Å²) in [6, 6.07) is 0. The molecule has 0 aliphatic rings. The first-order valence-corrected chi connectivity index (χ1v) is 6.05. The summed E-state index contributed by atoms with van der Waals surface area (Å²) in [6.45, 7) is 1.73. The van der Waals surface area contributed by atoms with Crippen LogP contribution in [-0.2, 0) is 9.47 Å². The topological polar surface area (TPSA) is 191 Å². The Hall–Kier alpha value is -2.48. The molecule has 0 aromatic rings. The van der Waals surface area contributed by atoms with Crippen LogP contribution in [0.3, 0.4) is 0 Å². The van der Waals surface area contributed by atoms with Crippen molar-refractivity contribution < 1.29 is 29.2 Å². The molecule has 0 N–H and O–H groups in total. The van der Waals surface area contributed by atoms with E-state index in [2.05, 4.69) is 0 Å². The standard InChI is InChI=1S/C9H16N4O10/c1-7(2,22-5-8(3,10(14)15)11(16)17)23-6-9(4,12(18)19)13(20)21/h5-6H2,1-4H3. The van der Waals surface area contributed by atoms with Crippen molar-refractivity contribution in [2.24, 2.45) is 0 Å². The molecule has 0 saturated heterocycles. The van der Waals surface area contributed by atoms with Gasteiger partial charge in [0.25, 0.3) is 0 Å². The lowest BCUT2D eigenvalue weighted by Crippen LogP contribution is -2.52. The third kappa shape index (κ3) is 4.75. The lowest BCUT2D eigenvalue weighted by molar-refractivity contribution is -0.798. The third-order valence-corrected chi connectivity index (χ3v) is 2.96. The molecule has 0 rings (SSSR count). The van der Waals surface area contributed by atoms with Crippen molar-refractivity contribution in [2.45, 2.75) is 44.8 Å². The largest absolute Gasteiger partial charge is 0.478 e. The number of nitrogens with zero attached hydrogens (tertiary/aromatic N) is 4. The molecule has 132 valence electrons. The summed E-state index contributed by atoms with van der Waals surface area (Å²) in [5, 5.41) is 43.0. The van der Waals surface area contributed by atoms with Crippen LogP contribution in [0.1, 0.15) is 27.7 Å². The molecule has 0 saturated carbocycles. The summed E-state index contributed by atoms with van der Waals surface area (Å²) in [4.78, 5) is 38.3. The first-order valence-electron chi connectivity index (χ1n) is 6.05. The average Bonchev–Trinajstić information content (AvgIpc) is 2.41. The minimum absolute atomic E-state index is 0.710. The maximum absolute atomic E-state index is 10.7. The highest BCUT2D eigenvalue weighted by atomic mass is 16.7. The van der Waals surface area contributed by atoms with Crippen molar-refractivity contribution in [3.63, 3.8) is 0 Å². The summed E-state index contributed by atoms with van der Waals surface area (Å²) in [6.07, 6.45) is 0. The van der Waals surface area contributed by atoms with Crippen molar-refractivity contribution in [1.82, 2.24) is 0 Å². The van der Waals surface area contributed by atoms with E-state index in [-0.39, 0.29) is 0 Å². The van der Waals surface area contributed by atoms with Crippen LogP contribution < -0.4 is 0 Å². The molecule has 0 bridgehead atoms. The molecular formula is C9H16N4O10. The van der Waals surface area contributed by atoms with Gasteiger partial charge in [-0.3, -0.25) is 40.5 Å². The molecule has 0 heterocycles. The van der Waals surface area contributed by atoms with Crippen molar-refractivity contribution in [3.05, 3.63) is 40.5 Å². The predicted octanol–water partition coefficient (Wildman–Crippen LogP) is 0.295. The zero-order valence-corrected chi connectivity index (χ0v) is 12.8. The minimum atomic E-state index is -2.66. The van der Waals surface area contributed by atoms with E-state index in [1.165, 1.54) is 0 Å². The summed E-state index contributed by atoms with van der Waals surface area (Å²) >= 11 is 0. The van der Waals surface area contributed by atoms with E-state index in [9.17, 15) is 40.5 Å². The minimum Gasteiger partial charge on any atom is -0.335 e. The number of ether oxygens (including phenoxy) is 2. The monoisotopic (exact) mass is 340 g/mol. The van der Waals surface area contributed by atoms with Crippen LogP contribution >= 0.6 is 0 Å². The molecule has 0 atom stereocenters. The summed E-state index contributed by atoms with van der Waals surface area (Å²) in [5.41, 5.74) is -5.31.